The number of hydrogen-bond donors (Lipinski definition) is 2. The molecule has 24 heavy (non-hydrogen) atoms. The van der Waals surface area contributed by atoms with Gasteiger partial charge in [0.15, 0.2) is 5.96 Å². The first kappa shape index (κ1) is 21.0. The van der Waals surface area contributed by atoms with Crippen LogP contribution in [-0.4, -0.2) is 43.9 Å². The van der Waals surface area contributed by atoms with E-state index in [2.05, 4.69) is 20.6 Å². The molecule has 0 bridgehead atoms. The highest BCUT2D eigenvalue weighted by molar-refractivity contribution is 14.0. The summed E-state index contributed by atoms with van der Waals surface area (Å²) in [6.07, 6.45) is 4.40. The average Bonchev–Trinajstić information content (AvgIpc) is 3.40. The molecule has 1 aromatic heterocycles. The van der Waals surface area contributed by atoms with Gasteiger partial charge in [0.1, 0.15) is 0 Å². The number of halogens is 1. The molecule has 1 heterocycles. The van der Waals surface area contributed by atoms with Crippen LogP contribution in [0.15, 0.2) is 23.3 Å². The normalized spacial score (nSPS) is 14.0. The summed E-state index contributed by atoms with van der Waals surface area (Å²) in [5.41, 5.74) is 1.06. The molecular weight excluding hydrogens is 419 g/mol. The number of ether oxygens (including phenoxy) is 2. The van der Waals surface area contributed by atoms with E-state index < -0.39 is 0 Å². The van der Waals surface area contributed by atoms with Crippen LogP contribution in [0.1, 0.15) is 32.3 Å². The first-order chi connectivity index (χ1) is 11.3. The molecule has 0 aliphatic heterocycles. The van der Waals surface area contributed by atoms with Crippen molar-refractivity contribution in [1.29, 1.82) is 0 Å². The molecule has 1 aliphatic carbocycles. The Morgan fingerprint density at radius 3 is 2.75 bits per heavy atom. The van der Waals surface area contributed by atoms with Gasteiger partial charge in [0.05, 0.1) is 19.8 Å². The van der Waals surface area contributed by atoms with Crippen molar-refractivity contribution in [2.24, 2.45) is 10.9 Å². The average molecular weight is 448 g/mol. The summed E-state index contributed by atoms with van der Waals surface area (Å²) in [7, 11) is 0. The molecule has 2 N–H and O–H groups in total. The maximum Gasteiger partial charge on any atom is 0.213 e. The lowest BCUT2D eigenvalue weighted by Crippen LogP contribution is -2.39. The zero-order valence-electron chi connectivity index (χ0n) is 14.6. The highest BCUT2D eigenvalue weighted by Gasteiger charge is 2.21. The van der Waals surface area contributed by atoms with E-state index in [-0.39, 0.29) is 24.0 Å². The molecule has 1 fully saturated rings. The molecule has 0 radical (unpaired) electrons. The first-order valence-electron chi connectivity index (χ1n) is 8.49. The van der Waals surface area contributed by atoms with Crippen LogP contribution in [0.4, 0.5) is 0 Å². The van der Waals surface area contributed by atoms with E-state index in [1.807, 2.05) is 32.2 Å². The summed E-state index contributed by atoms with van der Waals surface area (Å²) < 4.78 is 11.0. The van der Waals surface area contributed by atoms with Gasteiger partial charge >= 0.3 is 0 Å². The number of aromatic nitrogens is 1. The zero-order valence-corrected chi connectivity index (χ0v) is 16.9. The van der Waals surface area contributed by atoms with Gasteiger partial charge < -0.3 is 20.1 Å². The lowest BCUT2D eigenvalue weighted by molar-refractivity contribution is 0.152. The third-order valence-electron chi connectivity index (χ3n) is 3.47. The maximum atomic E-state index is 5.64. The Balaban J connectivity index is 0.00000288. The third kappa shape index (κ3) is 8.68. The number of hydrogen-bond acceptors (Lipinski definition) is 4. The van der Waals surface area contributed by atoms with Gasteiger partial charge in [0.25, 0.3) is 0 Å². The van der Waals surface area contributed by atoms with Crippen LogP contribution < -0.4 is 15.4 Å². The minimum absolute atomic E-state index is 0. The Morgan fingerprint density at radius 1 is 1.29 bits per heavy atom. The lowest BCUT2D eigenvalue weighted by atomic mass is 10.3. The summed E-state index contributed by atoms with van der Waals surface area (Å²) in [6, 6.07) is 3.94. The van der Waals surface area contributed by atoms with Crippen molar-refractivity contribution in [3.05, 3.63) is 23.9 Å². The van der Waals surface area contributed by atoms with Gasteiger partial charge in [-0.2, -0.15) is 0 Å². The molecule has 7 heteroatoms. The van der Waals surface area contributed by atoms with Crippen LogP contribution in [0.25, 0.3) is 0 Å². The van der Waals surface area contributed by atoms with E-state index in [0.717, 1.165) is 43.7 Å². The molecule has 136 valence electrons. The molecule has 0 aromatic carbocycles. The van der Waals surface area contributed by atoms with Gasteiger partial charge in [-0.05, 0) is 38.2 Å². The van der Waals surface area contributed by atoms with Gasteiger partial charge in [0, 0.05) is 32.0 Å². The van der Waals surface area contributed by atoms with Crippen LogP contribution in [0.3, 0.4) is 0 Å². The van der Waals surface area contributed by atoms with E-state index in [9.17, 15) is 0 Å². The van der Waals surface area contributed by atoms with Gasteiger partial charge in [-0.25, -0.2) is 9.98 Å². The predicted octanol–water partition coefficient (Wildman–Crippen LogP) is 2.58. The van der Waals surface area contributed by atoms with Crippen LogP contribution in [0.5, 0.6) is 5.88 Å². The molecule has 1 aromatic rings. The molecule has 0 amide bonds. The van der Waals surface area contributed by atoms with Gasteiger partial charge in [0.2, 0.25) is 5.88 Å². The zero-order chi connectivity index (χ0) is 16.3. The molecule has 0 saturated heterocycles. The molecule has 0 spiro atoms. The Bertz CT molecular complexity index is 478. The van der Waals surface area contributed by atoms with Crippen molar-refractivity contribution < 1.29 is 9.47 Å². The monoisotopic (exact) mass is 448 g/mol. The van der Waals surface area contributed by atoms with Gasteiger partial charge in [-0.3, -0.25) is 0 Å². The molecule has 0 atom stereocenters. The van der Waals surface area contributed by atoms with Crippen molar-refractivity contribution in [2.45, 2.75) is 33.2 Å². The minimum Gasteiger partial charge on any atom is -0.477 e. The molecule has 1 saturated carbocycles. The Morgan fingerprint density at radius 2 is 2.12 bits per heavy atom. The summed E-state index contributed by atoms with van der Waals surface area (Å²) in [5, 5.41) is 6.46. The summed E-state index contributed by atoms with van der Waals surface area (Å²) in [6.45, 7) is 8.39. The largest absolute Gasteiger partial charge is 0.477 e. The molecule has 6 nitrogen and oxygen atoms in total. The maximum absolute atomic E-state index is 5.64. The molecule has 0 unspecified atom stereocenters. The van der Waals surface area contributed by atoms with E-state index in [0.29, 0.717) is 19.0 Å². The van der Waals surface area contributed by atoms with E-state index in [1.54, 1.807) is 0 Å². The Kier molecular flexibility index (Phi) is 10.7. The smallest absolute Gasteiger partial charge is 0.213 e. The second-order valence-corrected chi connectivity index (χ2v) is 5.58. The second kappa shape index (κ2) is 12.3. The number of nitrogens with zero attached hydrogens (tertiary/aromatic N) is 2. The molecule has 1 aliphatic rings. The van der Waals surface area contributed by atoms with Crippen LogP contribution in [0, 0.1) is 5.92 Å². The predicted molar refractivity (Wildman–Crippen MR) is 107 cm³/mol. The van der Waals surface area contributed by atoms with Crippen LogP contribution in [0.2, 0.25) is 0 Å². The van der Waals surface area contributed by atoms with Crippen LogP contribution in [-0.2, 0) is 11.3 Å². The SMILES string of the molecule is CCNC(=NCc1ccc(OCC2CC2)nc1)NCCOCC.I. The van der Waals surface area contributed by atoms with E-state index >= 15 is 0 Å². The van der Waals surface area contributed by atoms with Gasteiger partial charge in [-0.15, -0.1) is 24.0 Å². The minimum atomic E-state index is 0. The van der Waals surface area contributed by atoms with E-state index in [4.69, 9.17) is 9.47 Å². The Hall–Kier alpha value is -1.09. The lowest BCUT2D eigenvalue weighted by Gasteiger charge is -2.11. The van der Waals surface area contributed by atoms with Crippen molar-refractivity contribution in [3.8, 4) is 5.88 Å². The molecule has 2 rings (SSSR count). The summed E-state index contributed by atoms with van der Waals surface area (Å²) in [5.74, 6) is 2.24. The van der Waals surface area contributed by atoms with Crippen molar-refractivity contribution in [3.63, 3.8) is 0 Å². The highest BCUT2D eigenvalue weighted by atomic mass is 127. The van der Waals surface area contributed by atoms with Crippen molar-refractivity contribution >= 4 is 29.9 Å². The topological polar surface area (TPSA) is 67.8 Å². The number of nitrogens with one attached hydrogen (secondary N) is 2. The fourth-order valence-corrected chi connectivity index (χ4v) is 1.98. The quantitative estimate of drug-likeness (QED) is 0.249. The third-order valence-corrected chi connectivity index (χ3v) is 3.47. The summed E-state index contributed by atoms with van der Waals surface area (Å²) in [4.78, 5) is 8.89. The highest BCUT2D eigenvalue weighted by Crippen LogP contribution is 2.29. The number of rotatable bonds is 10. The van der Waals surface area contributed by atoms with Crippen molar-refractivity contribution in [1.82, 2.24) is 15.6 Å². The Labute approximate surface area is 161 Å². The number of guanidine groups is 1. The summed E-state index contributed by atoms with van der Waals surface area (Å²) >= 11 is 0. The van der Waals surface area contributed by atoms with Crippen molar-refractivity contribution in [2.75, 3.05) is 32.9 Å². The number of pyridine rings is 1. The molecular formula is C17H29IN4O2. The van der Waals surface area contributed by atoms with Crippen LogP contribution >= 0.6 is 24.0 Å². The second-order valence-electron chi connectivity index (χ2n) is 5.58. The fourth-order valence-electron chi connectivity index (χ4n) is 1.98. The van der Waals surface area contributed by atoms with E-state index in [1.165, 1.54) is 12.8 Å². The van der Waals surface area contributed by atoms with Gasteiger partial charge in [-0.1, -0.05) is 6.07 Å². The fraction of sp³-hybridized carbons (Fsp3) is 0.647. The first-order valence-corrected chi connectivity index (χ1v) is 8.49. The number of aliphatic imine (C=N–C) groups is 1. The standard InChI is InChI=1S/C17H28N4O2.HI/c1-3-18-17(19-9-10-22-4-2)21-12-15-7-8-16(20-11-15)23-13-14-5-6-14;/h7-8,11,14H,3-6,9-10,12-13H2,1-2H3,(H2,18,19,21);1H.